The summed E-state index contributed by atoms with van der Waals surface area (Å²) in [5.74, 6) is -0.795. The van der Waals surface area contributed by atoms with Gasteiger partial charge < -0.3 is 5.11 Å². The second-order valence-electron chi connectivity index (χ2n) is 3.97. The maximum absolute atomic E-state index is 10.4. The molecule has 0 aliphatic rings. The standard InChI is InChI=1S/C13H14N2O2S/c16-13(17)9-8-12-15-14-11(18-12)7-6-10-4-2-1-3-5-10/h1-5H,6-9H2,(H,16,17). The predicted octanol–water partition coefficient (Wildman–Crippen LogP) is 2.34. The zero-order valence-corrected chi connectivity index (χ0v) is 10.7. The molecule has 18 heavy (non-hydrogen) atoms. The number of rotatable bonds is 6. The summed E-state index contributed by atoms with van der Waals surface area (Å²) >= 11 is 1.51. The molecule has 0 bridgehead atoms. The van der Waals surface area contributed by atoms with Gasteiger partial charge in [-0.25, -0.2) is 0 Å². The molecule has 1 N–H and O–H groups in total. The number of hydrogen-bond acceptors (Lipinski definition) is 4. The van der Waals surface area contributed by atoms with Gasteiger partial charge in [0, 0.05) is 12.8 Å². The van der Waals surface area contributed by atoms with Crippen molar-refractivity contribution in [1.82, 2.24) is 10.2 Å². The summed E-state index contributed by atoms with van der Waals surface area (Å²) in [6.45, 7) is 0. The van der Waals surface area contributed by atoms with Gasteiger partial charge >= 0.3 is 5.97 Å². The van der Waals surface area contributed by atoms with Crippen LogP contribution >= 0.6 is 11.3 Å². The van der Waals surface area contributed by atoms with E-state index in [9.17, 15) is 4.79 Å². The number of carbonyl (C=O) groups is 1. The lowest BCUT2D eigenvalue weighted by molar-refractivity contribution is -0.136. The molecule has 0 saturated carbocycles. The topological polar surface area (TPSA) is 63.1 Å². The van der Waals surface area contributed by atoms with Gasteiger partial charge in [0.15, 0.2) is 0 Å². The largest absolute Gasteiger partial charge is 0.481 e. The van der Waals surface area contributed by atoms with Gasteiger partial charge in [-0.3, -0.25) is 4.79 Å². The number of carboxylic acids is 1. The molecular formula is C13H14N2O2S. The highest BCUT2D eigenvalue weighted by Crippen LogP contribution is 2.14. The lowest BCUT2D eigenvalue weighted by atomic mass is 10.1. The second-order valence-corrected chi connectivity index (χ2v) is 5.12. The van der Waals surface area contributed by atoms with Crippen LogP contribution < -0.4 is 0 Å². The van der Waals surface area contributed by atoms with Crippen LogP contribution in [0.4, 0.5) is 0 Å². The number of aliphatic carboxylic acids is 1. The van der Waals surface area contributed by atoms with Crippen LogP contribution in [0.3, 0.4) is 0 Å². The zero-order chi connectivity index (χ0) is 12.8. The SMILES string of the molecule is O=C(O)CCc1nnc(CCc2ccccc2)s1. The Morgan fingerprint density at radius 2 is 1.72 bits per heavy atom. The van der Waals surface area contributed by atoms with Crippen molar-refractivity contribution in [3.05, 3.63) is 45.9 Å². The smallest absolute Gasteiger partial charge is 0.303 e. The maximum Gasteiger partial charge on any atom is 0.303 e. The first-order valence-corrected chi connectivity index (χ1v) is 6.62. The van der Waals surface area contributed by atoms with E-state index in [1.807, 2.05) is 18.2 Å². The van der Waals surface area contributed by atoms with Crippen molar-refractivity contribution < 1.29 is 9.90 Å². The normalized spacial score (nSPS) is 10.4. The number of carboxylic acid groups (broad SMARTS) is 1. The van der Waals surface area contributed by atoms with Crippen molar-refractivity contribution >= 4 is 17.3 Å². The molecule has 2 aromatic rings. The van der Waals surface area contributed by atoms with Gasteiger partial charge in [0.2, 0.25) is 0 Å². The van der Waals surface area contributed by atoms with E-state index in [0.717, 1.165) is 22.9 Å². The molecule has 2 rings (SSSR count). The molecule has 0 atom stereocenters. The summed E-state index contributed by atoms with van der Waals surface area (Å²) in [6, 6.07) is 10.2. The molecule has 1 aromatic heterocycles. The van der Waals surface area contributed by atoms with E-state index in [2.05, 4.69) is 22.3 Å². The number of aromatic nitrogens is 2. The van der Waals surface area contributed by atoms with Crippen molar-refractivity contribution in [3.63, 3.8) is 0 Å². The van der Waals surface area contributed by atoms with Gasteiger partial charge in [-0.2, -0.15) is 0 Å². The Morgan fingerprint density at radius 3 is 2.39 bits per heavy atom. The zero-order valence-electron chi connectivity index (χ0n) is 9.87. The summed E-state index contributed by atoms with van der Waals surface area (Å²) < 4.78 is 0. The predicted molar refractivity (Wildman–Crippen MR) is 69.7 cm³/mol. The van der Waals surface area contributed by atoms with Crippen LogP contribution in [0.15, 0.2) is 30.3 Å². The number of hydrogen-bond donors (Lipinski definition) is 1. The van der Waals surface area contributed by atoms with Crippen molar-refractivity contribution in [2.75, 3.05) is 0 Å². The van der Waals surface area contributed by atoms with Crippen LogP contribution in [0, 0.1) is 0 Å². The molecule has 0 unspecified atom stereocenters. The summed E-state index contributed by atoms with van der Waals surface area (Å²) in [7, 11) is 0. The fraction of sp³-hybridized carbons (Fsp3) is 0.308. The fourth-order valence-electron chi connectivity index (χ4n) is 1.60. The Kier molecular flexibility index (Phi) is 4.41. The van der Waals surface area contributed by atoms with Crippen LogP contribution in [-0.2, 0) is 24.1 Å². The van der Waals surface area contributed by atoms with Crippen molar-refractivity contribution in [3.8, 4) is 0 Å². The van der Waals surface area contributed by atoms with E-state index >= 15 is 0 Å². The molecule has 0 fully saturated rings. The highest BCUT2D eigenvalue weighted by molar-refractivity contribution is 7.11. The lowest BCUT2D eigenvalue weighted by Crippen LogP contribution is -1.96. The molecule has 0 spiro atoms. The molecule has 1 aromatic carbocycles. The number of aryl methyl sites for hydroxylation is 3. The first kappa shape index (κ1) is 12.7. The van der Waals surface area contributed by atoms with Gasteiger partial charge in [0.05, 0.1) is 6.42 Å². The van der Waals surface area contributed by atoms with E-state index in [-0.39, 0.29) is 6.42 Å². The third-order valence-corrected chi connectivity index (χ3v) is 3.57. The third-order valence-electron chi connectivity index (χ3n) is 2.53. The number of benzene rings is 1. The molecule has 94 valence electrons. The van der Waals surface area contributed by atoms with Crippen molar-refractivity contribution in [2.45, 2.75) is 25.7 Å². The average Bonchev–Trinajstić information content (AvgIpc) is 2.83. The molecule has 5 heteroatoms. The summed E-state index contributed by atoms with van der Waals surface area (Å²) in [4.78, 5) is 10.4. The van der Waals surface area contributed by atoms with Gasteiger partial charge in [-0.15, -0.1) is 21.5 Å². The van der Waals surface area contributed by atoms with Crippen LogP contribution in [-0.4, -0.2) is 21.3 Å². The van der Waals surface area contributed by atoms with E-state index in [1.54, 1.807) is 0 Å². The van der Waals surface area contributed by atoms with Crippen LogP contribution in [0.2, 0.25) is 0 Å². The molecule has 0 aliphatic carbocycles. The Morgan fingerprint density at radius 1 is 1.06 bits per heavy atom. The highest BCUT2D eigenvalue weighted by atomic mass is 32.1. The minimum Gasteiger partial charge on any atom is -0.481 e. The summed E-state index contributed by atoms with van der Waals surface area (Å²) in [5, 5.41) is 18.5. The summed E-state index contributed by atoms with van der Waals surface area (Å²) in [6.07, 6.45) is 2.38. The van der Waals surface area contributed by atoms with E-state index in [0.29, 0.717) is 6.42 Å². The fourth-order valence-corrected chi connectivity index (χ4v) is 2.44. The monoisotopic (exact) mass is 262 g/mol. The molecule has 1 heterocycles. The molecule has 0 amide bonds. The molecule has 0 saturated heterocycles. The Hall–Kier alpha value is -1.75. The molecule has 0 radical (unpaired) electrons. The Labute approximate surface area is 109 Å². The van der Waals surface area contributed by atoms with Crippen LogP contribution in [0.1, 0.15) is 22.0 Å². The minimum atomic E-state index is -0.795. The average molecular weight is 262 g/mol. The molecular weight excluding hydrogens is 248 g/mol. The Balaban J connectivity index is 1.85. The quantitative estimate of drug-likeness (QED) is 0.868. The Bertz CT molecular complexity index is 511. The van der Waals surface area contributed by atoms with Crippen molar-refractivity contribution in [2.24, 2.45) is 0 Å². The first-order chi connectivity index (χ1) is 8.74. The molecule has 4 nitrogen and oxygen atoms in total. The molecule has 0 aliphatic heterocycles. The first-order valence-electron chi connectivity index (χ1n) is 5.81. The van der Waals surface area contributed by atoms with E-state index in [1.165, 1.54) is 16.9 Å². The maximum atomic E-state index is 10.4. The van der Waals surface area contributed by atoms with Gasteiger partial charge in [0.1, 0.15) is 10.0 Å². The number of nitrogens with zero attached hydrogens (tertiary/aromatic N) is 2. The van der Waals surface area contributed by atoms with Gasteiger partial charge in [0.25, 0.3) is 0 Å². The third kappa shape index (κ3) is 3.92. The lowest BCUT2D eigenvalue weighted by Gasteiger charge is -1.96. The van der Waals surface area contributed by atoms with Crippen LogP contribution in [0.5, 0.6) is 0 Å². The summed E-state index contributed by atoms with van der Waals surface area (Å²) in [5.41, 5.74) is 1.28. The van der Waals surface area contributed by atoms with E-state index < -0.39 is 5.97 Å². The second kappa shape index (κ2) is 6.26. The van der Waals surface area contributed by atoms with Gasteiger partial charge in [-0.05, 0) is 12.0 Å². The van der Waals surface area contributed by atoms with Crippen molar-refractivity contribution in [1.29, 1.82) is 0 Å². The van der Waals surface area contributed by atoms with E-state index in [4.69, 9.17) is 5.11 Å². The van der Waals surface area contributed by atoms with Gasteiger partial charge in [-0.1, -0.05) is 30.3 Å². The minimum absolute atomic E-state index is 0.118. The highest BCUT2D eigenvalue weighted by Gasteiger charge is 2.06. The van der Waals surface area contributed by atoms with Crippen LogP contribution in [0.25, 0.3) is 0 Å².